The first kappa shape index (κ1) is 24.0. The van der Waals surface area contributed by atoms with Gasteiger partial charge in [-0.05, 0) is 29.8 Å². The molecule has 188 valence electrons. The van der Waals surface area contributed by atoms with Gasteiger partial charge in [0, 0.05) is 27.9 Å². The summed E-state index contributed by atoms with van der Waals surface area (Å²) in [7, 11) is 0. The lowest BCUT2D eigenvalue weighted by Crippen LogP contribution is -2.39. The number of hydrogen-bond donors (Lipinski definition) is 0. The zero-order valence-electron chi connectivity index (χ0n) is 19.5. The highest BCUT2D eigenvalue weighted by molar-refractivity contribution is 7.95. The van der Waals surface area contributed by atoms with Gasteiger partial charge in [0.05, 0.1) is 22.3 Å². The van der Waals surface area contributed by atoms with Crippen molar-refractivity contribution < 1.29 is 27.0 Å². The second-order valence-corrected chi connectivity index (χ2v) is 9.36. The summed E-state index contributed by atoms with van der Waals surface area (Å²) in [5.74, 6) is -1.91. The van der Waals surface area contributed by atoms with Crippen molar-refractivity contribution in [2.24, 2.45) is 0 Å². The molecule has 0 saturated heterocycles. The normalized spacial score (nSPS) is 13.8. The van der Waals surface area contributed by atoms with Crippen molar-refractivity contribution in [2.45, 2.75) is 5.51 Å². The van der Waals surface area contributed by atoms with E-state index in [1.807, 2.05) is 77.5 Å². The minimum Gasteiger partial charge on any atom is -0.315 e. The molecule has 2 amide bonds. The molecule has 1 aliphatic heterocycles. The van der Waals surface area contributed by atoms with Crippen LogP contribution in [-0.2, 0) is 4.28 Å². The van der Waals surface area contributed by atoms with Gasteiger partial charge >= 0.3 is 5.51 Å². The van der Waals surface area contributed by atoms with Crippen LogP contribution in [0.4, 0.5) is 13.2 Å². The van der Waals surface area contributed by atoms with E-state index >= 15 is 0 Å². The fourth-order valence-electron chi connectivity index (χ4n) is 4.70. The molecule has 4 aromatic carbocycles. The quantitative estimate of drug-likeness (QED) is 0.173. The van der Waals surface area contributed by atoms with Gasteiger partial charge in [0.15, 0.2) is 0 Å². The maximum Gasteiger partial charge on any atom is 0.470 e. The van der Waals surface area contributed by atoms with Crippen LogP contribution in [0, 0.1) is 0 Å². The van der Waals surface area contributed by atoms with Crippen LogP contribution in [0.25, 0.3) is 39.5 Å². The van der Waals surface area contributed by atoms with Crippen molar-refractivity contribution in [3.63, 3.8) is 0 Å². The molecular formula is C29H17F3N2O3S. The molecule has 0 saturated carbocycles. The third-order valence-electron chi connectivity index (χ3n) is 6.31. The monoisotopic (exact) mass is 530 g/mol. The number of aromatic nitrogens is 1. The molecule has 1 aromatic heterocycles. The van der Waals surface area contributed by atoms with Crippen molar-refractivity contribution in [2.75, 3.05) is 0 Å². The van der Waals surface area contributed by atoms with Gasteiger partial charge in [0.1, 0.15) is 12.0 Å². The molecule has 0 N–H and O–H groups in total. The summed E-state index contributed by atoms with van der Waals surface area (Å²) in [4.78, 5) is 26.0. The Bertz CT molecular complexity index is 1740. The van der Waals surface area contributed by atoms with Crippen LogP contribution in [0.2, 0.25) is 0 Å². The number of amides is 2. The highest BCUT2D eigenvalue weighted by atomic mass is 32.2. The number of alkyl halides is 3. The van der Waals surface area contributed by atoms with Gasteiger partial charge in [-0.15, -0.1) is 5.06 Å². The van der Waals surface area contributed by atoms with E-state index in [4.69, 9.17) is 0 Å². The number of rotatable bonds is 5. The summed E-state index contributed by atoms with van der Waals surface area (Å²) < 4.78 is 44.6. The van der Waals surface area contributed by atoms with Crippen molar-refractivity contribution in [3.8, 4) is 5.69 Å². The molecule has 0 unspecified atom stereocenters. The Balaban J connectivity index is 1.48. The van der Waals surface area contributed by atoms with Gasteiger partial charge in [-0.2, -0.15) is 17.5 Å². The first-order valence-corrected chi connectivity index (χ1v) is 12.3. The predicted molar refractivity (Wildman–Crippen MR) is 141 cm³/mol. The van der Waals surface area contributed by atoms with Gasteiger partial charge in [-0.25, -0.2) is 0 Å². The minimum atomic E-state index is -4.78. The average molecular weight is 531 g/mol. The molecule has 9 heteroatoms. The Kier molecular flexibility index (Phi) is 5.81. The van der Waals surface area contributed by atoms with Crippen molar-refractivity contribution in [1.29, 1.82) is 0 Å². The number of imide groups is 1. The van der Waals surface area contributed by atoms with Crippen LogP contribution >= 0.6 is 12.0 Å². The lowest BCUT2D eigenvalue weighted by Gasteiger charge is -2.26. The first-order chi connectivity index (χ1) is 18.3. The third kappa shape index (κ3) is 4.15. The lowest BCUT2D eigenvalue weighted by molar-refractivity contribution is -0.0570. The number of hydroxylamine groups is 2. The number of benzene rings is 4. The maximum atomic E-state index is 13.0. The van der Waals surface area contributed by atoms with E-state index in [1.54, 1.807) is 18.2 Å². The van der Waals surface area contributed by atoms with Crippen LogP contribution in [0.5, 0.6) is 0 Å². The highest BCUT2D eigenvalue weighted by Crippen LogP contribution is 2.38. The number of fused-ring (bicyclic) bond motifs is 1. The summed E-state index contributed by atoms with van der Waals surface area (Å²) in [5, 5.41) is 2.16. The summed E-state index contributed by atoms with van der Waals surface area (Å²) in [6.07, 6.45) is 6.03. The van der Waals surface area contributed by atoms with Crippen LogP contribution < -0.4 is 0 Å². The molecule has 0 aliphatic carbocycles. The van der Waals surface area contributed by atoms with Gasteiger partial charge in [-0.1, -0.05) is 72.8 Å². The molecule has 2 heterocycles. The van der Waals surface area contributed by atoms with E-state index in [0.717, 1.165) is 27.7 Å². The topological polar surface area (TPSA) is 51.5 Å². The van der Waals surface area contributed by atoms with Crippen LogP contribution in [-0.4, -0.2) is 27.0 Å². The Morgan fingerprint density at radius 1 is 0.737 bits per heavy atom. The number of halogens is 3. The smallest absolute Gasteiger partial charge is 0.315 e. The summed E-state index contributed by atoms with van der Waals surface area (Å²) >= 11 is -0.907. The second-order valence-electron chi connectivity index (χ2n) is 8.58. The summed E-state index contributed by atoms with van der Waals surface area (Å²) in [6, 6.07) is 25.9. The molecule has 1 aliphatic rings. The predicted octanol–water partition coefficient (Wildman–Crippen LogP) is 7.65. The summed E-state index contributed by atoms with van der Waals surface area (Å²) in [6.45, 7) is 0. The number of carbonyl (C=O) groups excluding carboxylic acids is 2. The van der Waals surface area contributed by atoms with Crippen LogP contribution in [0.3, 0.4) is 0 Å². The van der Waals surface area contributed by atoms with E-state index in [0.29, 0.717) is 10.8 Å². The van der Waals surface area contributed by atoms with Gasteiger partial charge in [-0.3, -0.25) is 9.59 Å². The number of carbonyl (C=O) groups is 2. The zero-order valence-corrected chi connectivity index (χ0v) is 20.3. The number of nitrogens with zero attached hydrogens (tertiary/aromatic N) is 2. The fraction of sp³-hybridized carbons (Fsp3) is 0.0345. The average Bonchev–Trinajstić information content (AvgIpc) is 3.28. The van der Waals surface area contributed by atoms with Crippen molar-refractivity contribution in [1.82, 2.24) is 9.63 Å². The second kappa shape index (κ2) is 9.20. The maximum absolute atomic E-state index is 13.0. The summed E-state index contributed by atoms with van der Waals surface area (Å²) in [5.41, 5.74) is -0.940. The van der Waals surface area contributed by atoms with E-state index in [-0.39, 0.29) is 16.2 Å². The molecule has 0 spiro atoms. The number of hydrogen-bond acceptors (Lipinski definition) is 4. The van der Waals surface area contributed by atoms with E-state index < -0.39 is 29.4 Å². The van der Waals surface area contributed by atoms with Gasteiger partial charge < -0.3 is 4.57 Å². The molecule has 5 aromatic rings. The molecule has 0 atom stereocenters. The fourth-order valence-corrected chi connectivity index (χ4v) is 5.00. The molecule has 5 nitrogen and oxygen atoms in total. The van der Waals surface area contributed by atoms with Gasteiger partial charge in [0.2, 0.25) is 0 Å². The third-order valence-corrected chi connectivity index (χ3v) is 6.72. The largest absolute Gasteiger partial charge is 0.470 e. The molecule has 0 bridgehead atoms. The lowest BCUT2D eigenvalue weighted by atomic mass is 9.94. The molecule has 0 fully saturated rings. The Hall–Kier alpha value is -4.34. The number of para-hydroxylation sites is 1. The Morgan fingerprint density at radius 2 is 1.42 bits per heavy atom. The van der Waals surface area contributed by atoms with Crippen molar-refractivity contribution in [3.05, 3.63) is 113 Å². The van der Waals surface area contributed by atoms with Crippen LogP contribution in [0.15, 0.2) is 91.1 Å². The standard InChI is InChI=1S/C29H17F3N2O3S/c30-29(31,32)38-37-34-27(35)22-11-6-10-21-25(16-15-23(26(21)22)28(34)36)33-17-19(20-9-4-5-12-24(20)33)14-13-18-7-2-1-3-8-18/h1-17H/b14-13-. The molecule has 38 heavy (non-hydrogen) atoms. The van der Waals surface area contributed by atoms with Crippen LogP contribution in [0.1, 0.15) is 31.8 Å². The van der Waals surface area contributed by atoms with E-state index in [1.165, 1.54) is 12.1 Å². The van der Waals surface area contributed by atoms with Gasteiger partial charge in [0.25, 0.3) is 11.8 Å². The molecular weight excluding hydrogens is 513 g/mol. The Morgan fingerprint density at radius 3 is 2.18 bits per heavy atom. The molecule has 0 radical (unpaired) electrons. The van der Waals surface area contributed by atoms with E-state index in [9.17, 15) is 22.8 Å². The first-order valence-electron chi connectivity index (χ1n) is 11.5. The molecule has 6 rings (SSSR count). The van der Waals surface area contributed by atoms with E-state index in [2.05, 4.69) is 4.28 Å². The highest BCUT2D eigenvalue weighted by Gasteiger charge is 2.39. The zero-order chi connectivity index (χ0) is 26.4. The Labute approximate surface area is 218 Å². The minimum absolute atomic E-state index is 0.0855. The SMILES string of the molecule is O=C1c2cccc3c(-n4cc(/C=C\c5ccccc5)c5ccccc54)ccc(c23)C(=O)N1OSC(F)(F)F. The van der Waals surface area contributed by atoms with Crippen molar-refractivity contribution >= 4 is 57.7 Å².